The van der Waals surface area contributed by atoms with Gasteiger partial charge in [0.05, 0.1) is 5.56 Å². The van der Waals surface area contributed by atoms with Crippen molar-refractivity contribution < 1.29 is 9.59 Å². The van der Waals surface area contributed by atoms with Gasteiger partial charge in [-0.25, -0.2) is 0 Å². The highest BCUT2D eigenvalue weighted by Gasteiger charge is 2.22. The van der Waals surface area contributed by atoms with Crippen molar-refractivity contribution in [3.8, 4) is 0 Å². The molecule has 0 aliphatic heterocycles. The number of aryl methyl sites for hydroxylation is 2. The van der Waals surface area contributed by atoms with Gasteiger partial charge in [0, 0.05) is 18.8 Å². The molecule has 102 valence electrons. The minimum atomic E-state index is -0.299. The lowest BCUT2D eigenvalue weighted by molar-refractivity contribution is 0.0948. The third-order valence-corrected chi connectivity index (χ3v) is 3.22. The van der Waals surface area contributed by atoms with Crippen LogP contribution >= 0.6 is 0 Å². The molecular formula is C16H16N2O2. The Kier molecular flexibility index (Phi) is 3.94. The first kappa shape index (κ1) is 13.9. The fourth-order valence-electron chi connectivity index (χ4n) is 2.10. The highest BCUT2D eigenvalue weighted by atomic mass is 16.2. The lowest BCUT2D eigenvalue weighted by Crippen LogP contribution is -2.23. The number of hydrogen-bond donors (Lipinski definition) is 1. The molecule has 1 N–H and O–H groups in total. The normalized spacial score (nSPS) is 10.2. The number of carbonyl (C=O) groups excluding carboxylic acids is 2. The molecule has 0 atom stereocenters. The van der Waals surface area contributed by atoms with E-state index < -0.39 is 0 Å². The number of nitrogens with zero attached hydrogens (tertiary/aromatic N) is 1. The minimum absolute atomic E-state index is 0.193. The van der Waals surface area contributed by atoms with Crippen LogP contribution in [0.15, 0.2) is 36.5 Å². The first-order valence-corrected chi connectivity index (χ1v) is 6.34. The molecule has 0 saturated carbocycles. The van der Waals surface area contributed by atoms with Gasteiger partial charge in [0.2, 0.25) is 5.78 Å². The van der Waals surface area contributed by atoms with Gasteiger partial charge in [-0.15, -0.1) is 0 Å². The standard InChI is InChI=1S/C16H16N2O2/c1-10-6-4-5-7-12(10)15(19)14-13(16(20)17-3)11(2)8-9-18-14/h4-9H,1-3H3,(H,17,20). The highest BCUT2D eigenvalue weighted by molar-refractivity contribution is 6.15. The van der Waals surface area contributed by atoms with Crippen LogP contribution in [-0.4, -0.2) is 23.7 Å². The number of carbonyl (C=O) groups is 2. The third-order valence-electron chi connectivity index (χ3n) is 3.22. The third kappa shape index (κ3) is 2.45. The monoisotopic (exact) mass is 268 g/mol. The van der Waals surface area contributed by atoms with Crippen LogP contribution < -0.4 is 5.32 Å². The second-order valence-electron chi connectivity index (χ2n) is 4.57. The van der Waals surface area contributed by atoms with E-state index in [1.807, 2.05) is 19.1 Å². The second kappa shape index (κ2) is 5.65. The van der Waals surface area contributed by atoms with E-state index in [4.69, 9.17) is 0 Å². The van der Waals surface area contributed by atoms with E-state index in [-0.39, 0.29) is 17.4 Å². The number of nitrogens with one attached hydrogen (secondary N) is 1. The number of aromatic nitrogens is 1. The van der Waals surface area contributed by atoms with Gasteiger partial charge in [-0.2, -0.15) is 0 Å². The van der Waals surface area contributed by atoms with E-state index in [0.29, 0.717) is 11.1 Å². The van der Waals surface area contributed by atoms with E-state index in [1.165, 1.54) is 7.05 Å². The molecule has 0 bridgehead atoms. The quantitative estimate of drug-likeness (QED) is 0.869. The molecule has 4 heteroatoms. The Morgan fingerprint density at radius 2 is 1.75 bits per heavy atom. The van der Waals surface area contributed by atoms with Gasteiger partial charge in [-0.05, 0) is 31.0 Å². The summed E-state index contributed by atoms with van der Waals surface area (Å²) in [7, 11) is 1.54. The van der Waals surface area contributed by atoms with Crippen molar-refractivity contribution in [3.63, 3.8) is 0 Å². The Morgan fingerprint density at radius 1 is 1.05 bits per heavy atom. The summed E-state index contributed by atoms with van der Waals surface area (Å²) in [4.78, 5) is 28.7. The van der Waals surface area contributed by atoms with E-state index in [9.17, 15) is 9.59 Å². The van der Waals surface area contributed by atoms with Crippen molar-refractivity contribution in [3.05, 3.63) is 64.5 Å². The van der Waals surface area contributed by atoms with Crippen LogP contribution in [0.1, 0.15) is 37.5 Å². The zero-order valence-corrected chi connectivity index (χ0v) is 11.7. The summed E-state index contributed by atoms with van der Waals surface area (Å²) in [5, 5.41) is 2.55. The Bertz CT molecular complexity index is 678. The van der Waals surface area contributed by atoms with Crippen LogP contribution in [0.3, 0.4) is 0 Å². The molecule has 0 aliphatic rings. The molecule has 0 fully saturated rings. The van der Waals surface area contributed by atoms with Crippen molar-refractivity contribution >= 4 is 11.7 Å². The first-order valence-electron chi connectivity index (χ1n) is 6.34. The van der Waals surface area contributed by atoms with Crippen LogP contribution in [0.5, 0.6) is 0 Å². The van der Waals surface area contributed by atoms with Crippen molar-refractivity contribution in [1.82, 2.24) is 10.3 Å². The number of amides is 1. The molecule has 0 aliphatic carbocycles. The minimum Gasteiger partial charge on any atom is -0.355 e. The Hall–Kier alpha value is -2.49. The molecule has 1 amide bonds. The summed E-state index contributed by atoms with van der Waals surface area (Å²) in [5.41, 5.74) is 2.69. The van der Waals surface area contributed by atoms with Gasteiger partial charge >= 0.3 is 0 Å². The SMILES string of the molecule is CNC(=O)c1c(C)ccnc1C(=O)c1ccccc1C. The summed E-state index contributed by atoms with van der Waals surface area (Å²) < 4.78 is 0. The molecular weight excluding hydrogens is 252 g/mol. The topological polar surface area (TPSA) is 59.1 Å². The maximum Gasteiger partial charge on any atom is 0.253 e. The van der Waals surface area contributed by atoms with Crippen molar-refractivity contribution in [1.29, 1.82) is 0 Å². The molecule has 0 saturated heterocycles. The average molecular weight is 268 g/mol. The summed E-state index contributed by atoms with van der Waals surface area (Å²) >= 11 is 0. The lowest BCUT2D eigenvalue weighted by atomic mass is 9.97. The Balaban J connectivity index is 2.59. The van der Waals surface area contributed by atoms with Gasteiger partial charge in [-0.3, -0.25) is 14.6 Å². The van der Waals surface area contributed by atoms with E-state index in [2.05, 4.69) is 10.3 Å². The number of pyridine rings is 1. The van der Waals surface area contributed by atoms with Crippen molar-refractivity contribution in [2.24, 2.45) is 0 Å². The second-order valence-corrected chi connectivity index (χ2v) is 4.57. The Morgan fingerprint density at radius 3 is 2.40 bits per heavy atom. The predicted molar refractivity (Wildman–Crippen MR) is 77.0 cm³/mol. The van der Waals surface area contributed by atoms with Crippen LogP contribution in [0.2, 0.25) is 0 Å². The average Bonchev–Trinajstić information content (AvgIpc) is 2.46. The lowest BCUT2D eigenvalue weighted by Gasteiger charge is -2.10. The molecule has 0 unspecified atom stereocenters. The molecule has 2 aromatic rings. The summed E-state index contributed by atoms with van der Waals surface area (Å²) in [6.07, 6.45) is 1.55. The van der Waals surface area contributed by atoms with Crippen molar-refractivity contribution in [2.75, 3.05) is 7.05 Å². The molecule has 1 aromatic heterocycles. The van der Waals surface area contributed by atoms with Gasteiger partial charge < -0.3 is 5.32 Å². The molecule has 0 radical (unpaired) electrons. The molecule has 20 heavy (non-hydrogen) atoms. The van der Waals surface area contributed by atoms with E-state index in [1.54, 1.807) is 31.3 Å². The maximum absolute atomic E-state index is 12.6. The van der Waals surface area contributed by atoms with E-state index in [0.717, 1.165) is 11.1 Å². The predicted octanol–water partition coefficient (Wildman–Crippen LogP) is 2.29. The molecule has 1 aromatic carbocycles. The summed E-state index contributed by atoms with van der Waals surface area (Å²) in [5.74, 6) is -0.530. The number of ketones is 1. The zero-order chi connectivity index (χ0) is 14.7. The summed E-state index contributed by atoms with van der Waals surface area (Å²) in [6, 6.07) is 9.00. The van der Waals surface area contributed by atoms with E-state index >= 15 is 0 Å². The molecule has 4 nitrogen and oxygen atoms in total. The summed E-state index contributed by atoms with van der Waals surface area (Å²) in [6.45, 7) is 3.66. The van der Waals surface area contributed by atoms with Gasteiger partial charge in [0.15, 0.2) is 0 Å². The fraction of sp³-hybridized carbons (Fsp3) is 0.188. The zero-order valence-electron chi connectivity index (χ0n) is 11.7. The number of hydrogen-bond acceptors (Lipinski definition) is 3. The van der Waals surface area contributed by atoms with Gasteiger partial charge in [0.25, 0.3) is 5.91 Å². The van der Waals surface area contributed by atoms with Crippen molar-refractivity contribution in [2.45, 2.75) is 13.8 Å². The molecule has 0 spiro atoms. The van der Waals surface area contributed by atoms with Crippen LogP contribution in [0.25, 0.3) is 0 Å². The van der Waals surface area contributed by atoms with Crippen LogP contribution in [0, 0.1) is 13.8 Å². The Labute approximate surface area is 117 Å². The first-order chi connectivity index (χ1) is 9.56. The number of benzene rings is 1. The maximum atomic E-state index is 12.6. The largest absolute Gasteiger partial charge is 0.355 e. The van der Waals surface area contributed by atoms with Gasteiger partial charge in [-0.1, -0.05) is 24.3 Å². The molecule has 2 rings (SSSR count). The number of rotatable bonds is 3. The fourth-order valence-corrected chi connectivity index (χ4v) is 2.10. The van der Waals surface area contributed by atoms with Crippen LogP contribution in [0.4, 0.5) is 0 Å². The molecule has 1 heterocycles. The van der Waals surface area contributed by atoms with Gasteiger partial charge in [0.1, 0.15) is 5.69 Å². The van der Waals surface area contributed by atoms with Crippen LogP contribution in [-0.2, 0) is 0 Å². The highest BCUT2D eigenvalue weighted by Crippen LogP contribution is 2.18. The smallest absolute Gasteiger partial charge is 0.253 e.